The number of halogens is 2. The summed E-state index contributed by atoms with van der Waals surface area (Å²) in [6, 6.07) is 3.73. The van der Waals surface area contributed by atoms with Gasteiger partial charge in [-0.05, 0) is 38.5 Å². The number of hydrogen-bond donors (Lipinski definition) is 0. The number of carbonyl (C=O) groups excluding carboxylic acids is 1. The molecule has 1 atom stereocenters. The molecular formula is C19H23ClFN5O3. The molecule has 1 fully saturated rings. The van der Waals surface area contributed by atoms with E-state index in [9.17, 15) is 19.3 Å². The highest BCUT2D eigenvalue weighted by atomic mass is 35.5. The van der Waals surface area contributed by atoms with Crippen molar-refractivity contribution in [2.45, 2.75) is 33.4 Å². The molecule has 1 aliphatic heterocycles. The summed E-state index contributed by atoms with van der Waals surface area (Å²) in [7, 11) is 0. The molecule has 156 valence electrons. The van der Waals surface area contributed by atoms with Gasteiger partial charge in [0.05, 0.1) is 4.92 Å². The molecule has 1 aromatic heterocycles. The molecular weight excluding hydrogens is 401 g/mol. The van der Waals surface area contributed by atoms with Gasteiger partial charge in [-0.1, -0.05) is 17.7 Å². The van der Waals surface area contributed by atoms with Gasteiger partial charge in [-0.3, -0.25) is 24.5 Å². The van der Waals surface area contributed by atoms with Gasteiger partial charge in [-0.25, -0.2) is 4.39 Å². The predicted octanol–water partition coefficient (Wildman–Crippen LogP) is 3.11. The third kappa shape index (κ3) is 4.40. The van der Waals surface area contributed by atoms with Crippen LogP contribution < -0.4 is 0 Å². The predicted molar refractivity (Wildman–Crippen MR) is 106 cm³/mol. The minimum atomic E-state index is -0.625. The van der Waals surface area contributed by atoms with Crippen molar-refractivity contribution in [3.8, 4) is 0 Å². The monoisotopic (exact) mass is 423 g/mol. The van der Waals surface area contributed by atoms with Gasteiger partial charge in [0.25, 0.3) is 0 Å². The fourth-order valence-corrected chi connectivity index (χ4v) is 3.91. The van der Waals surface area contributed by atoms with Gasteiger partial charge in [-0.15, -0.1) is 0 Å². The van der Waals surface area contributed by atoms with Crippen LogP contribution in [0.1, 0.15) is 29.9 Å². The van der Waals surface area contributed by atoms with Gasteiger partial charge >= 0.3 is 5.69 Å². The molecule has 1 saturated heterocycles. The van der Waals surface area contributed by atoms with Crippen molar-refractivity contribution in [2.75, 3.05) is 26.2 Å². The van der Waals surface area contributed by atoms with Gasteiger partial charge in [0, 0.05) is 37.7 Å². The lowest BCUT2D eigenvalue weighted by Crippen LogP contribution is -2.50. The first-order chi connectivity index (χ1) is 13.7. The summed E-state index contributed by atoms with van der Waals surface area (Å²) < 4.78 is 14.6. The van der Waals surface area contributed by atoms with E-state index < -0.39 is 11.0 Å². The molecule has 2 heterocycles. The average Bonchev–Trinajstić information content (AvgIpc) is 2.97. The summed E-state index contributed by atoms with van der Waals surface area (Å²) in [5.74, 6) is -0.488. The van der Waals surface area contributed by atoms with Crippen LogP contribution in [0.25, 0.3) is 0 Å². The first kappa shape index (κ1) is 21.2. The highest BCUT2D eigenvalue weighted by Gasteiger charge is 2.31. The molecule has 8 nitrogen and oxygen atoms in total. The molecule has 0 spiro atoms. The normalized spacial score (nSPS) is 16.1. The van der Waals surface area contributed by atoms with Crippen molar-refractivity contribution in [3.63, 3.8) is 0 Å². The molecule has 0 bridgehead atoms. The maximum atomic E-state index is 13.2. The zero-order valence-electron chi connectivity index (χ0n) is 16.6. The summed E-state index contributed by atoms with van der Waals surface area (Å²) in [5.41, 5.74) is 1.47. The highest BCUT2D eigenvalue weighted by Crippen LogP contribution is 2.26. The van der Waals surface area contributed by atoms with Gasteiger partial charge < -0.3 is 4.90 Å². The Balaban J connectivity index is 1.62. The third-order valence-corrected chi connectivity index (χ3v) is 5.64. The maximum absolute atomic E-state index is 13.2. The van der Waals surface area contributed by atoms with Crippen LogP contribution in [0.2, 0.25) is 5.02 Å². The molecule has 1 aliphatic rings. The van der Waals surface area contributed by atoms with Crippen molar-refractivity contribution in [2.24, 2.45) is 0 Å². The fraction of sp³-hybridized carbons (Fsp3) is 0.474. The topological polar surface area (TPSA) is 84.5 Å². The van der Waals surface area contributed by atoms with Crippen LogP contribution in [-0.2, 0) is 11.3 Å². The van der Waals surface area contributed by atoms with E-state index in [0.717, 1.165) is 5.56 Å². The lowest BCUT2D eigenvalue weighted by Gasteiger charge is -2.36. The Morgan fingerprint density at radius 3 is 2.52 bits per heavy atom. The highest BCUT2D eigenvalue weighted by molar-refractivity contribution is 6.31. The van der Waals surface area contributed by atoms with E-state index in [1.807, 2.05) is 0 Å². The second-order valence-electron chi connectivity index (χ2n) is 7.23. The van der Waals surface area contributed by atoms with E-state index in [1.165, 1.54) is 16.8 Å². The molecule has 1 amide bonds. The summed E-state index contributed by atoms with van der Waals surface area (Å²) in [5, 5.41) is 15.8. The number of carbonyl (C=O) groups is 1. The van der Waals surface area contributed by atoms with Crippen molar-refractivity contribution in [1.82, 2.24) is 19.6 Å². The number of hydrogen-bond acceptors (Lipinski definition) is 5. The molecule has 3 rings (SSSR count). The number of amides is 1. The quantitative estimate of drug-likeness (QED) is 0.545. The maximum Gasteiger partial charge on any atom is 0.312 e. The van der Waals surface area contributed by atoms with Crippen LogP contribution in [0.15, 0.2) is 18.2 Å². The van der Waals surface area contributed by atoms with Crippen LogP contribution in [0.3, 0.4) is 0 Å². The number of benzene rings is 1. The number of nitro groups is 1. The van der Waals surface area contributed by atoms with Crippen molar-refractivity contribution in [3.05, 3.63) is 56.1 Å². The van der Waals surface area contributed by atoms with Crippen molar-refractivity contribution < 1.29 is 14.1 Å². The largest absolute Gasteiger partial charge is 0.338 e. The molecule has 0 aliphatic carbocycles. The SMILES string of the molecule is Cc1nn(C(C)C(=O)N2CCN(Cc3ccc(F)cc3Cl)CC2)c(C)c1[N+](=O)[O-]. The summed E-state index contributed by atoms with van der Waals surface area (Å²) in [6.45, 7) is 7.83. The molecule has 2 aromatic rings. The lowest BCUT2D eigenvalue weighted by atomic mass is 10.1. The molecule has 0 N–H and O–H groups in total. The number of rotatable bonds is 5. The van der Waals surface area contributed by atoms with Crippen LogP contribution >= 0.6 is 11.6 Å². The first-order valence-corrected chi connectivity index (χ1v) is 9.72. The first-order valence-electron chi connectivity index (χ1n) is 9.34. The second-order valence-corrected chi connectivity index (χ2v) is 7.64. The Hall–Kier alpha value is -2.52. The van der Waals surface area contributed by atoms with Gasteiger partial charge in [-0.2, -0.15) is 5.10 Å². The Labute approximate surface area is 173 Å². The third-order valence-electron chi connectivity index (χ3n) is 5.29. The van der Waals surface area contributed by atoms with Crippen LogP contribution in [0.4, 0.5) is 10.1 Å². The van der Waals surface area contributed by atoms with Crippen LogP contribution in [0, 0.1) is 29.8 Å². The zero-order valence-corrected chi connectivity index (χ0v) is 17.3. The molecule has 10 heteroatoms. The van der Waals surface area contributed by atoms with Gasteiger partial charge in [0.15, 0.2) is 0 Å². The number of aromatic nitrogens is 2. The van der Waals surface area contributed by atoms with E-state index in [1.54, 1.807) is 31.7 Å². The van der Waals surface area contributed by atoms with Gasteiger partial charge in [0.1, 0.15) is 23.2 Å². The Morgan fingerprint density at radius 1 is 1.31 bits per heavy atom. The Kier molecular flexibility index (Phi) is 6.18. The number of piperazine rings is 1. The van der Waals surface area contributed by atoms with Crippen molar-refractivity contribution in [1.29, 1.82) is 0 Å². The van der Waals surface area contributed by atoms with E-state index in [0.29, 0.717) is 49.1 Å². The van der Waals surface area contributed by atoms with E-state index in [2.05, 4.69) is 10.00 Å². The van der Waals surface area contributed by atoms with E-state index in [-0.39, 0.29) is 17.4 Å². The minimum Gasteiger partial charge on any atom is -0.338 e. The number of nitrogens with zero attached hydrogens (tertiary/aromatic N) is 5. The molecule has 1 unspecified atom stereocenters. The summed E-state index contributed by atoms with van der Waals surface area (Å²) in [6.07, 6.45) is 0. The lowest BCUT2D eigenvalue weighted by molar-refractivity contribution is -0.386. The molecule has 0 saturated carbocycles. The van der Waals surface area contributed by atoms with E-state index in [4.69, 9.17) is 11.6 Å². The van der Waals surface area contributed by atoms with Gasteiger partial charge in [0.2, 0.25) is 5.91 Å². The standard InChI is InChI=1S/C19H23ClFN5O3/c1-12-18(26(28)29)13(2)25(22-12)14(3)19(27)24-8-6-23(7-9-24)11-15-4-5-16(21)10-17(15)20/h4-5,10,14H,6-9,11H2,1-3H3. The Bertz CT molecular complexity index is 940. The van der Waals surface area contributed by atoms with E-state index >= 15 is 0 Å². The van der Waals surface area contributed by atoms with Crippen LogP contribution in [-0.4, -0.2) is 56.6 Å². The number of aryl methyl sites for hydroxylation is 1. The Morgan fingerprint density at radius 2 is 1.97 bits per heavy atom. The average molecular weight is 424 g/mol. The fourth-order valence-electron chi connectivity index (χ4n) is 3.68. The van der Waals surface area contributed by atoms with Crippen LogP contribution in [0.5, 0.6) is 0 Å². The molecule has 29 heavy (non-hydrogen) atoms. The zero-order chi connectivity index (χ0) is 21.3. The summed E-state index contributed by atoms with van der Waals surface area (Å²) >= 11 is 6.10. The minimum absolute atomic E-state index is 0.0503. The van der Waals surface area contributed by atoms with Crippen molar-refractivity contribution >= 4 is 23.2 Å². The smallest absolute Gasteiger partial charge is 0.312 e. The summed E-state index contributed by atoms with van der Waals surface area (Å²) in [4.78, 5) is 27.5. The molecule has 1 aromatic carbocycles. The second kappa shape index (κ2) is 8.46. The molecule has 0 radical (unpaired) electrons.